The normalized spacial score (nSPS) is 27.3. The zero-order chi connectivity index (χ0) is 26.3. The summed E-state index contributed by atoms with van der Waals surface area (Å²) in [4.78, 5) is 43.6. The third-order valence-electron chi connectivity index (χ3n) is 7.90. The van der Waals surface area contributed by atoms with Crippen molar-refractivity contribution in [2.24, 2.45) is 11.8 Å². The molecule has 3 aliphatic heterocycles. The van der Waals surface area contributed by atoms with E-state index in [0.717, 1.165) is 6.42 Å². The zero-order valence-electron chi connectivity index (χ0n) is 20.4. The summed E-state index contributed by atoms with van der Waals surface area (Å²) in [5.74, 6) is -5.90. The van der Waals surface area contributed by atoms with Gasteiger partial charge in [-0.25, -0.2) is 8.78 Å². The van der Waals surface area contributed by atoms with Crippen LogP contribution < -0.4 is 15.4 Å². The summed E-state index contributed by atoms with van der Waals surface area (Å²) in [5.41, 5.74) is 0.815. The van der Waals surface area contributed by atoms with Crippen LogP contribution in [-0.2, 0) is 9.59 Å². The number of halogens is 2. The van der Waals surface area contributed by atoms with E-state index in [1.165, 1.54) is 12.0 Å². The van der Waals surface area contributed by atoms with Gasteiger partial charge < -0.3 is 25.3 Å². The molecule has 2 bridgehead atoms. The smallest absolute Gasteiger partial charge is 0.271 e. The van der Waals surface area contributed by atoms with Gasteiger partial charge in [0, 0.05) is 35.8 Å². The lowest BCUT2D eigenvalue weighted by atomic mass is 9.71. The van der Waals surface area contributed by atoms with Crippen LogP contribution in [0.2, 0.25) is 0 Å². The average molecular weight is 514 g/mol. The maximum atomic E-state index is 15.0. The first kappa shape index (κ1) is 25.0. The highest BCUT2D eigenvalue weighted by molar-refractivity contribution is 6.02. The van der Waals surface area contributed by atoms with E-state index in [1.807, 2.05) is 6.07 Å². The molecule has 1 saturated carbocycles. The van der Waals surface area contributed by atoms with Crippen LogP contribution in [0, 0.1) is 23.2 Å². The Kier molecular flexibility index (Phi) is 6.52. The van der Waals surface area contributed by atoms with E-state index in [0.29, 0.717) is 36.0 Å². The van der Waals surface area contributed by atoms with Crippen molar-refractivity contribution in [3.05, 3.63) is 30.0 Å². The van der Waals surface area contributed by atoms with Crippen molar-refractivity contribution in [1.29, 1.82) is 5.26 Å². The number of rotatable bonds is 6. The first-order valence-corrected chi connectivity index (χ1v) is 12.6. The van der Waals surface area contributed by atoms with Gasteiger partial charge in [-0.2, -0.15) is 5.26 Å². The lowest BCUT2D eigenvalue weighted by molar-refractivity contribution is -0.179. The summed E-state index contributed by atoms with van der Waals surface area (Å²) < 4.78 is 35.4. The third-order valence-corrected chi connectivity index (χ3v) is 7.90. The quantitative estimate of drug-likeness (QED) is 0.547. The number of fused-ring (bicyclic) bond motifs is 4. The Balaban J connectivity index is 1.42. The Labute approximate surface area is 212 Å². The molecule has 0 unspecified atom stereocenters. The number of aromatic nitrogens is 1. The van der Waals surface area contributed by atoms with Gasteiger partial charge in [0.15, 0.2) is 0 Å². The number of methoxy groups -OCH3 is 1. The largest absolute Gasteiger partial charge is 0.496 e. The number of nitriles is 1. The Morgan fingerprint density at radius 3 is 2.84 bits per heavy atom. The maximum Gasteiger partial charge on any atom is 0.271 e. The molecule has 11 heteroatoms. The molecule has 1 aliphatic carbocycles. The van der Waals surface area contributed by atoms with Crippen molar-refractivity contribution in [2.75, 3.05) is 13.7 Å². The monoisotopic (exact) mass is 513 g/mol. The number of H-pyrrole nitrogens is 1. The maximum absolute atomic E-state index is 15.0. The van der Waals surface area contributed by atoms with E-state index in [1.54, 1.807) is 24.3 Å². The molecular weight excluding hydrogens is 484 g/mol. The predicted octanol–water partition coefficient (Wildman–Crippen LogP) is 2.73. The summed E-state index contributed by atoms with van der Waals surface area (Å²) in [6, 6.07) is 5.59. The number of hydrogen-bond acceptors (Lipinski definition) is 5. The van der Waals surface area contributed by atoms with E-state index in [4.69, 9.17) is 4.74 Å². The van der Waals surface area contributed by atoms with E-state index >= 15 is 0 Å². The minimum atomic E-state index is -3.11. The van der Waals surface area contributed by atoms with Crippen molar-refractivity contribution >= 4 is 28.6 Å². The van der Waals surface area contributed by atoms with Gasteiger partial charge in [0.05, 0.1) is 19.1 Å². The van der Waals surface area contributed by atoms with Gasteiger partial charge in [-0.15, -0.1) is 0 Å². The molecule has 196 valence electrons. The van der Waals surface area contributed by atoms with Crippen LogP contribution in [-0.4, -0.2) is 65.3 Å². The highest BCUT2D eigenvalue weighted by atomic mass is 19.3. The fourth-order valence-corrected chi connectivity index (χ4v) is 6.10. The summed E-state index contributed by atoms with van der Waals surface area (Å²) in [7, 11) is 1.51. The molecule has 1 aromatic carbocycles. The summed E-state index contributed by atoms with van der Waals surface area (Å²) in [6.07, 6.45) is 1.38. The van der Waals surface area contributed by atoms with Gasteiger partial charge in [0.1, 0.15) is 23.5 Å². The number of carbonyl (C=O) groups excluding carboxylic acids is 3. The summed E-state index contributed by atoms with van der Waals surface area (Å²) in [5, 5.41) is 15.6. The van der Waals surface area contributed by atoms with Gasteiger partial charge in [0.25, 0.3) is 11.8 Å². The number of aromatic amines is 1. The molecule has 1 aromatic heterocycles. The SMILES string of the molecule is COc1cccc2[nH]c(C(=O)N3[C@H]4CC[C@@H]([C@@H]3C(=O)N[C@@H](C#N)C[C@@H]3CCCNC3=O)C(F)(F)C4)cc12. The van der Waals surface area contributed by atoms with Crippen molar-refractivity contribution in [1.82, 2.24) is 20.5 Å². The van der Waals surface area contributed by atoms with E-state index in [2.05, 4.69) is 15.6 Å². The molecule has 9 nitrogen and oxygen atoms in total. The highest BCUT2D eigenvalue weighted by Crippen LogP contribution is 2.49. The van der Waals surface area contributed by atoms with Crippen LogP contribution in [0.5, 0.6) is 5.75 Å². The predicted molar refractivity (Wildman–Crippen MR) is 129 cm³/mol. The van der Waals surface area contributed by atoms with Crippen LogP contribution in [0.15, 0.2) is 24.3 Å². The molecule has 4 heterocycles. The number of benzene rings is 1. The Morgan fingerprint density at radius 2 is 2.14 bits per heavy atom. The fraction of sp³-hybridized carbons (Fsp3) is 0.538. The highest BCUT2D eigenvalue weighted by Gasteiger charge is 2.60. The van der Waals surface area contributed by atoms with Gasteiger partial charge in [-0.1, -0.05) is 6.07 Å². The van der Waals surface area contributed by atoms with Gasteiger partial charge in [-0.05, 0) is 50.3 Å². The second-order valence-electron chi connectivity index (χ2n) is 10.1. The van der Waals surface area contributed by atoms with Gasteiger partial charge >= 0.3 is 0 Å². The lowest BCUT2D eigenvalue weighted by Gasteiger charge is -2.53. The zero-order valence-corrected chi connectivity index (χ0v) is 20.4. The number of hydrogen-bond donors (Lipinski definition) is 3. The molecule has 0 spiro atoms. The van der Waals surface area contributed by atoms with E-state index in [-0.39, 0.29) is 24.4 Å². The molecular formula is C26H29F2N5O4. The molecule has 3 N–H and O–H groups in total. The number of nitrogens with one attached hydrogen (secondary N) is 3. The standard InChI is InChI=1S/C26H29F2N5O4/c1-37-21-6-2-5-19-17(21)11-20(32-19)25(36)33-16-7-8-18(26(27,28)12-16)22(33)24(35)31-15(13-29)10-14-4-3-9-30-23(14)34/h2,5-6,11,14-16,18,22,32H,3-4,7-10,12H2,1H3,(H,30,34)(H,31,35)/t14-,15+,16-,18-,22+/m0/s1. The van der Waals surface area contributed by atoms with Crippen molar-refractivity contribution < 1.29 is 27.9 Å². The summed E-state index contributed by atoms with van der Waals surface area (Å²) in [6.45, 7) is 0.565. The van der Waals surface area contributed by atoms with Crippen LogP contribution >= 0.6 is 0 Å². The molecule has 3 saturated heterocycles. The number of nitrogens with zero attached hydrogens (tertiary/aromatic N) is 2. The molecule has 2 aromatic rings. The van der Waals surface area contributed by atoms with Crippen LogP contribution in [0.1, 0.15) is 49.0 Å². The Bertz CT molecular complexity index is 1270. The molecule has 3 amide bonds. The second kappa shape index (κ2) is 9.65. The molecule has 0 radical (unpaired) electrons. The minimum Gasteiger partial charge on any atom is -0.496 e. The number of ether oxygens (including phenoxy) is 1. The molecule has 37 heavy (non-hydrogen) atoms. The second-order valence-corrected chi connectivity index (χ2v) is 10.1. The molecule has 4 aliphatic rings. The van der Waals surface area contributed by atoms with Crippen LogP contribution in [0.3, 0.4) is 0 Å². The van der Waals surface area contributed by atoms with Crippen LogP contribution in [0.25, 0.3) is 10.9 Å². The minimum absolute atomic E-state index is 0.0844. The summed E-state index contributed by atoms with van der Waals surface area (Å²) >= 11 is 0. The first-order chi connectivity index (χ1) is 17.7. The first-order valence-electron chi connectivity index (χ1n) is 12.6. The fourth-order valence-electron chi connectivity index (χ4n) is 6.10. The third kappa shape index (κ3) is 4.49. The molecule has 6 rings (SSSR count). The van der Waals surface area contributed by atoms with Gasteiger partial charge in [-0.3, -0.25) is 14.4 Å². The van der Waals surface area contributed by atoms with Crippen molar-refractivity contribution in [3.63, 3.8) is 0 Å². The average Bonchev–Trinajstić information content (AvgIpc) is 3.33. The van der Waals surface area contributed by atoms with Gasteiger partial charge in [0.2, 0.25) is 11.8 Å². The van der Waals surface area contributed by atoms with Crippen LogP contribution in [0.4, 0.5) is 8.78 Å². The lowest BCUT2D eigenvalue weighted by Crippen LogP contribution is -2.68. The topological polar surface area (TPSA) is 127 Å². The number of carbonyl (C=O) groups is 3. The molecule has 5 atom stereocenters. The Hall–Kier alpha value is -3.68. The van der Waals surface area contributed by atoms with E-state index < -0.39 is 54.1 Å². The van der Waals surface area contributed by atoms with Crippen molar-refractivity contribution in [2.45, 2.75) is 62.6 Å². The Morgan fingerprint density at radius 1 is 1.32 bits per heavy atom. The number of amides is 3. The van der Waals surface area contributed by atoms with Crippen molar-refractivity contribution in [3.8, 4) is 11.8 Å². The molecule has 4 fully saturated rings. The van der Waals surface area contributed by atoms with E-state index in [9.17, 15) is 28.4 Å². The number of alkyl halides is 2. The number of piperidine rings is 3.